The lowest BCUT2D eigenvalue weighted by atomic mass is 10.1. The van der Waals surface area contributed by atoms with Gasteiger partial charge in [-0.3, -0.25) is 4.79 Å². The molecule has 1 aromatic carbocycles. The van der Waals surface area contributed by atoms with Gasteiger partial charge in [0, 0.05) is 17.0 Å². The Morgan fingerprint density at radius 2 is 2.04 bits per heavy atom. The molecule has 130 valence electrons. The molecule has 3 rings (SSSR count). The molecule has 0 aliphatic heterocycles. The summed E-state index contributed by atoms with van der Waals surface area (Å²) in [4.78, 5) is 21.6. The van der Waals surface area contributed by atoms with E-state index in [0.717, 1.165) is 15.5 Å². The number of carbonyl (C=O) groups excluding carboxylic acids is 1. The molecule has 0 radical (unpaired) electrons. The second-order valence-electron chi connectivity index (χ2n) is 6.36. The van der Waals surface area contributed by atoms with Crippen LogP contribution in [0, 0.1) is 5.92 Å². The summed E-state index contributed by atoms with van der Waals surface area (Å²) >= 11 is 3.48. The monoisotopic (exact) mass is 401 g/mol. The minimum atomic E-state index is 0.182. The van der Waals surface area contributed by atoms with Crippen molar-refractivity contribution in [2.45, 2.75) is 26.8 Å². The van der Waals surface area contributed by atoms with E-state index in [4.69, 9.17) is 9.72 Å². The van der Waals surface area contributed by atoms with E-state index in [0.29, 0.717) is 29.7 Å². The lowest BCUT2D eigenvalue weighted by molar-refractivity contribution is -0.120. The van der Waals surface area contributed by atoms with Gasteiger partial charge in [-0.25, -0.2) is 9.97 Å². The number of benzene rings is 1. The van der Waals surface area contributed by atoms with E-state index >= 15 is 0 Å². The second-order valence-corrected chi connectivity index (χ2v) is 7.27. The quantitative estimate of drug-likeness (QED) is 0.610. The van der Waals surface area contributed by atoms with Crippen molar-refractivity contribution in [2.24, 2.45) is 5.92 Å². The molecule has 0 saturated carbocycles. The number of ether oxygens (including phenoxy) is 1. The smallest absolute Gasteiger partial charge is 0.213 e. The molecule has 0 N–H and O–H groups in total. The van der Waals surface area contributed by atoms with Crippen molar-refractivity contribution in [1.29, 1.82) is 0 Å². The maximum Gasteiger partial charge on any atom is 0.213 e. The molecule has 5 nitrogen and oxygen atoms in total. The van der Waals surface area contributed by atoms with Crippen LogP contribution in [0.15, 0.2) is 40.9 Å². The average Bonchev–Trinajstić information content (AvgIpc) is 2.91. The van der Waals surface area contributed by atoms with Crippen LogP contribution in [0.3, 0.4) is 0 Å². The summed E-state index contributed by atoms with van der Waals surface area (Å²) in [5.41, 5.74) is 2.43. The van der Waals surface area contributed by atoms with Crippen molar-refractivity contribution < 1.29 is 9.53 Å². The van der Waals surface area contributed by atoms with Crippen molar-refractivity contribution in [1.82, 2.24) is 14.5 Å². The van der Waals surface area contributed by atoms with Crippen molar-refractivity contribution in [3.8, 4) is 17.4 Å². The lowest BCUT2D eigenvalue weighted by Gasteiger charge is -2.10. The molecular formula is C19H20BrN3O2. The van der Waals surface area contributed by atoms with Crippen molar-refractivity contribution in [2.75, 3.05) is 7.11 Å². The van der Waals surface area contributed by atoms with Crippen molar-refractivity contribution >= 4 is 32.7 Å². The number of ketones is 1. The molecule has 2 aromatic heterocycles. The number of halogens is 1. The minimum absolute atomic E-state index is 0.182. The fraction of sp³-hybridized carbons (Fsp3) is 0.316. The molecule has 0 bridgehead atoms. The van der Waals surface area contributed by atoms with Gasteiger partial charge >= 0.3 is 0 Å². The molecule has 25 heavy (non-hydrogen) atoms. The van der Waals surface area contributed by atoms with Gasteiger partial charge in [0.25, 0.3) is 0 Å². The number of carbonyl (C=O) groups is 1. The number of hydrogen-bond acceptors (Lipinski definition) is 4. The fourth-order valence-electron chi connectivity index (χ4n) is 2.81. The number of Topliss-reactive ketones (excluding diaryl/α,β-unsaturated/α-hetero) is 1. The van der Waals surface area contributed by atoms with Gasteiger partial charge in [0.05, 0.1) is 24.7 Å². The molecule has 0 atom stereocenters. The number of rotatable bonds is 6. The third-order valence-electron chi connectivity index (χ3n) is 3.84. The molecule has 0 fully saturated rings. The lowest BCUT2D eigenvalue weighted by Crippen LogP contribution is -2.13. The Balaban J connectivity index is 2.12. The first-order chi connectivity index (χ1) is 12.0. The van der Waals surface area contributed by atoms with Crippen LogP contribution in [-0.4, -0.2) is 27.4 Å². The molecular weight excluding hydrogens is 382 g/mol. The predicted octanol–water partition coefficient (Wildman–Crippen LogP) is 4.48. The summed E-state index contributed by atoms with van der Waals surface area (Å²) in [5.74, 6) is 1.70. The van der Waals surface area contributed by atoms with Gasteiger partial charge in [-0.05, 0) is 30.2 Å². The Morgan fingerprint density at radius 3 is 2.76 bits per heavy atom. The Hall–Kier alpha value is -2.21. The van der Waals surface area contributed by atoms with Crippen LogP contribution in [0.1, 0.15) is 20.3 Å². The molecule has 0 unspecified atom stereocenters. The standard InChI is InChI=1S/C19H20BrN3O2/c1-12(2)9-14(24)11-23-17-8-7-13(20)10-16(17)22-19(23)15-5-4-6-18(21-15)25-3/h4-8,10,12H,9,11H2,1-3H3. The maximum absolute atomic E-state index is 12.4. The Labute approximate surface area is 155 Å². The Morgan fingerprint density at radius 1 is 1.24 bits per heavy atom. The predicted molar refractivity (Wildman–Crippen MR) is 102 cm³/mol. The highest BCUT2D eigenvalue weighted by atomic mass is 79.9. The number of nitrogens with zero attached hydrogens (tertiary/aromatic N) is 3. The molecule has 0 spiro atoms. The molecule has 3 aromatic rings. The van der Waals surface area contributed by atoms with E-state index in [-0.39, 0.29) is 12.3 Å². The van der Waals surface area contributed by atoms with Gasteiger partial charge in [-0.1, -0.05) is 35.8 Å². The largest absolute Gasteiger partial charge is 0.481 e. The number of fused-ring (bicyclic) bond motifs is 1. The summed E-state index contributed by atoms with van der Waals surface area (Å²) in [6.07, 6.45) is 0.543. The summed E-state index contributed by atoms with van der Waals surface area (Å²) < 4.78 is 8.11. The van der Waals surface area contributed by atoms with Crippen molar-refractivity contribution in [3.63, 3.8) is 0 Å². The fourth-order valence-corrected chi connectivity index (χ4v) is 3.16. The van der Waals surface area contributed by atoms with Crippen LogP contribution in [0.2, 0.25) is 0 Å². The number of aromatic nitrogens is 3. The zero-order valence-corrected chi connectivity index (χ0v) is 16.1. The van der Waals surface area contributed by atoms with E-state index < -0.39 is 0 Å². The highest BCUT2D eigenvalue weighted by Crippen LogP contribution is 2.27. The first kappa shape index (κ1) is 17.6. The zero-order valence-electron chi connectivity index (χ0n) is 14.5. The van der Waals surface area contributed by atoms with Crippen LogP contribution in [-0.2, 0) is 11.3 Å². The highest BCUT2D eigenvalue weighted by Gasteiger charge is 2.17. The van der Waals surface area contributed by atoms with Crippen molar-refractivity contribution in [3.05, 3.63) is 40.9 Å². The number of methoxy groups -OCH3 is 1. The average molecular weight is 402 g/mol. The van der Waals surface area contributed by atoms with Crippen LogP contribution >= 0.6 is 15.9 Å². The topological polar surface area (TPSA) is 57.0 Å². The number of imidazole rings is 1. The Kier molecular flexibility index (Phi) is 5.18. The molecule has 6 heteroatoms. The van der Waals surface area contributed by atoms with E-state index in [1.54, 1.807) is 13.2 Å². The van der Waals surface area contributed by atoms with Gasteiger partial charge in [0.2, 0.25) is 5.88 Å². The summed E-state index contributed by atoms with van der Waals surface area (Å²) in [7, 11) is 1.58. The van der Waals surface area contributed by atoms with Gasteiger partial charge < -0.3 is 9.30 Å². The molecule has 0 saturated heterocycles. The van der Waals surface area contributed by atoms with Gasteiger partial charge in [0.15, 0.2) is 11.6 Å². The third kappa shape index (κ3) is 3.90. The molecule has 0 aliphatic rings. The Bertz CT molecular complexity index is 918. The zero-order chi connectivity index (χ0) is 18.0. The summed E-state index contributed by atoms with van der Waals surface area (Å²) in [5, 5.41) is 0. The van der Waals surface area contributed by atoms with Crippen LogP contribution < -0.4 is 4.74 Å². The number of pyridine rings is 1. The molecule has 0 aliphatic carbocycles. The van der Waals surface area contributed by atoms with Crippen LogP contribution in [0.5, 0.6) is 5.88 Å². The second kappa shape index (κ2) is 7.35. The summed E-state index contributed by atoms with van der Waals surface area (Å²) in [6.45, 7) is 4.38. The normalized spacial score (nSPS) is 11.2. The summed E-state index contributed by atoms with van der Waals surface area (Å²) in [6, 6.07) is 11.4. The van der Waals surface area contributed by atoms with E-state index in [9.17, 15) is 4.79 Å². The molecule has 2 heterocycles. The highest BCUT2D eigenvalue weighted by molar-refractivity contribution is 9.10. The first-order valence-electron chi connectivity index (χ1n) is 8.17. The van der Waals surface area contributed by atoms with E-state index in [2.05, 4.69) is 20.9 Å². The van der Waals surface area contributed by atoms with E-state index in [1.807, 2.05) is 48.7 Å². The van der Waals surface area contributed by atoms with Gasteiger partial charge in [-0.2, -0.15) is 0 Å². The number of hydrogen-bond donors (Lipinski definition) is 0. The molecule has 0 amide bonds. The maximum atomic E-state index is 12.4. The minimum Gasteiger partial charge on any atom is -0.481 e. The van der Waals surface area contributed by atoms with Gasteiger partial charge in [-0.15, -0.1) is 0 Å². The first-order valence-corrected chi connectivity index (χ1v) is 8.96. The van der Waals surface area contributed by atoms with Gasteiger partial charge in [0.1, 0.15) is 5.69 Å². The SMILES string of the molecule is COc1cccc(-c2nc3cc(Br)ccc3n2CC(=O)CC(C)C)n1. The van der Waals surface area contributed by atoms with E-state index in [1.165, 1.54) is 0 Å². The van der Waals surface area contributed by atoms with Crippen LogP contribution in [0.4, 0.5) is 0 Å². The third-order valence-corrected chi connectivity index (χ3v) is 4.34. The van der Waals surface area contributed by atoms with Crippen LogP contribution in [0.25, 0.3) is 22.6 Å².